The second kappa shape index (κ2) is 11.2. The number of fused-ring (bicyclic) bond motifs is 1. The molecule has 0 atom stereocenters. The summed E-state index contributed by atoms with van der Waals surface area (Å²) < 4.78 is 10.4. The van der Waals surface area contributed by atoms with Crippen molar-refractivity contribution in [2.75, 3.05) is 49.3 Å². The molecule has 0 bridgehead atoms. The number of aliphatic hydroxyl groups excluding tert-OH is 1. The standard InChI is InChI=1S/C24H28N4O7/c29-12-14-34-13-9-25-23(30)17-5-6-21(22(15-17)28(32)33)26-10-7-19(8-11-26)27-20-4-2-1-3-18(20)16-35-24(27)31/h1-6,15,19,29H,7-14,16H2,(H,25,30). The lowest BCUT2D eigenvalue weighted by atomic mass is 9.99. The molecule has 0 spiro atoms. The van der Waals surface area contributed by atoms with Crippen LogP contribution in [0.3, 0.4) is 0 Å². The van der Waals surface area contributed by atoms with Crippen LogP contribution in [0.25, 0.3) is 0 Å². The van der Waals surface area contributed by atoms with Crippen LogP contribution in [0.1, 0.15) is 28.8 Å². The zero-order valence-corrected chi connectivity index (χ0v) is 19.2. The Bertz CT molecular complexity index is 1090. The molecule has 2 aromatic carbocycles. The Hall–Kier alpha value is -3.70. The zero-order chi connectivity index (χ0) is 24.8. The quantitative estimate of drug-likeness (QED) is 0.315. The van der Waals surface area contributed by atoms with E-state index in [2.05, 4.69) is 5.32 Å². The number of nitrogens with zero attached hydrogens (tertiary/aromatic N) is 3. The van der Waals surface area contributed by atoms with Gasteiger partial charge in [0.15, 0.2) is 0 Å². The lowest BCUT2D eigenvalue weighted by Crippen LogP contribution is -2.49. The van der Waals surface area contributed by atoms with Gasteiger partial charge in [0.25, 0.3) is 11.6 Å². The molecule has 2 heterocycles. The minimum atomic E-state index is -0.485. The number of nitrogens with one attached hydrogen (secondary N) is 1. The van der Waals surface area contributed by atoms with Crippen LogP contribution in [0.2, 0.25) is 0 Å². The highest BCUT2D eigenvalue weighted by atomic mass is 16.6. The van der Waals surface area contributed by atoms with Crippen molar-refractivity contribution in [2.24, 2.45) is 0 Å². The fourth-order valence-electron chi connectivity index (χ4n) is 4.47. The Kier molecular flexibility index (Phi) is 7.78. The number of anilines is 2. The van der Waals surface area contributed by atoms with Crippen molar-refractivity contribution in [3.05, 3.63) is 63.7 Å². The fourth-order valence-corrected chi connectivity index (χ4v) is 4.47. The molecule has 2 amide bonds. The molecule has 0 unspecified atom stereocenters. The average molecular weight is 485 g/mol. The Balaban J connectivity index is 1.42. The number of carbonyl (C=O) groups excluding carboxylic acids is 2. The summed E-state index contributed by atoms with van der Waals surface area (Å²) in [7, 11) is 0. The molecule has 0 radical (unpaired) electrons. The van der Waals surface area contributed by atoms with Gasteiger partial charge in [-0.3, -0.25) is 19.8 Å². The van der Waals surface area contributed by atoms with Crippen LogP contribution in [0, 0.1) is 10.1 Å². The van der Waals surface area contributed by atoms with E-state index >= 15 is 0 Å². The molecule has 2 aliphatic heterocycles. The number of rotatable bonds is 9. The lowest BCUT2D eigenvalue weighted by molar-refractivity contribution is -0.384. The van der Waals surface area contributed by atoms with Gasteiger partial charge >= 0.3 is 6.09 Å². The highest BCUT2D eigenvalue weighted by molar-refractivity contribution is 5.96. The van der Waals surface area contributed by atoms with E-state index in [1.165, 1.54) is 6.07 Å². The van der Waals surface area contributed by atoms with Crippen LogP contribution in [-0.4, -0.2) is 67.5 Å². The van der Waals surface area contributed by atoms with E-state index in [4.69, 9.17) is 14.6 Å². The third kappa shape index (κ3) is 5.52. The van der Waals surface area contributed by atoms with Gasteiger partial charge in [0.05, 0.1) is 30.4 Å². The molecular weight excluding hydrogens is 456 g/mol. The SMILES string of the molecule is O=C(NCCOCCO)c1ccc(N2CCC(N3C(=O)OCc4ccccc43)CC2)c([N+](=O)[O-])c1. The minimum absolute atomic E-state index is 0.0719. The van der Waals surface area contributed by atoms with E-state index in [-0.39, 0.29) is 56.4 Å². The number of nitro benzene ring substituents is 1. The first-order valence-electron chi connectivity index (χ1n) is 11.5. The Morgan fingerprint density at radius 1 is 1.17 bits per heavy atom. The lowest BCUT2D eigenvalue weighted by Gasteiger charge is -2.40. The first-order chi connectivity index (χ1) is 17.0. The molecule has 11 nitrogen and oxygen atoms in total. The van der Waals surface area contributed by atoms with Gasteiger partial charge in [-0.1, -0.05) is 18.2 Å². The summed E-state index contributed by atoms with van der Waals surface area (Å²) in [6, 6.07) is 12.0. The maximum Gasteiger partial charge on any atom is 0.414 e. The van der Waals surface area contributed by atoms with Crippen LogP contribution in [0.4, 0.5) is 21.9 Å². The van der Waals surface area contributed by atoms with Crippen molar-refractivity contribution < 1.29 is 29.1 Å². The van der Waals surface area contributed by atoms with Crippen molar-refractivity contribution in [3.8, 4) is 0 Å². The molecule has 186 valence electrons. The number of carbonyl (C=O) groups is 2. The van der Waals surface area contributed by atoms with Crippen molar-refractivity contribution >= 4 is 29.1 Å². The van der Waals surface area contributed by atoms with Crippen LogP contribution in [0.15, 0.2) is 42.5 Å². The van der Waals surface area contributed by atoms with E-state index in [9.17, 15) is 19.7 Å². The topological polar surface area (TPSA) is 134 Å². The summed E-state index contributed by atoms with van der Waals surface area (Å²) in [6.45, 7) is 1.83. The molecule has 2 N–H and O–H groups in total. The summed E-state index contributed by atoms with van der Waals surface area (Å²) >= 11 is 0. The smallest absolute Gasteiger partial charge is 0.414 e. The molecular formula is C24H28N4O7. The fraction of sp³-hybridized carbons (Fsp3) is 0.417. The maximum atomic E-state index is 12.5. The molecule has 11 heteroatoms. The summed E-state index contributed by atoms with van der Waals surface area (Å²) in [5.41, 5.74) is 2.29. The molecule has 1 fully saturated rings. The number of hydrogen-bond acceptors (Lipinski definition) is 8. The predicted molar refractivity (Wildman–Crippen MR) is 128 cm³/mol. The van der Waals surface area contributed by atoms with Crippen LogP contribution in [-0.2, 0) is 16.1 Å². The molecule has 2 aromatic rings. The molecule has 0 saturated carbocycles. The zero-order valence-electron chi connectivity index (χ0n) is 19.2. The van der Waals surface area contributed by atoms with Crippen molar-refractivity contribution in [2.45, 2.75) is 25.5 Å². The van der Waals surface area contributed by atoms with E-state index in [1.807, 2.05) is 29.2 Å². The van der Waals surface area contributed by atoms with Gasteiger partial charge in [0.1, 0.15) is 12.3 Å². The molecule has 2 aliphatic rings. The van der Waals surface area contributed by atoms with Crippen molar-refractivity contribution in [1.29, 1.82) is 0 Å². The number of benzene rings is 2. The number of para-hydroxylation sites is 1. The number of amides is 2. The van der Waals surface area contributed by atoms with E-state index in [0.717, 1.165) is 11.3 Å². The van der Waals surface area contributed by atoms with E-state index in [0.29, 0.717) is 31.6 Å². The van der Waals surface area contributed by atoms with Crippen LogP contribution < -0.4 is 15.1 Å². The van der Waals surface area contributed by atoms with Gasteiger partial charge in [0, 0.05) is 42.9 Å². The highest BCUT2D eigenvalue weighted by Gasteiger charge is 2.35. The molecule has 4 rings (SSSR count). The molecule has 1 saturated heterocycles. The molecule has 0 aromatic heterocycles. The highest BCUT2D eigenvalue weighted by Crippen LogP contribution is 2.35. The Morgan fingerprint density at radius 3 is 2.69 bits per heavy atom. The third-order valence-electron chi connectivity index (χ3n) is 6.17. The van der Waals surface area contributed by atoms with E-state index in [1.54, 1.807) is 17.0 Å². The number of nitro groups is 1. The van der Waals surface area contributed by atoms with Gasteiger partial charge in [-0.15, -0.1) is 0 Å². The maximum absolute atomic E-state index is 12.5. The Labute approximate surface area is 202 Å². The van der Waals surface area contributed by atoms with Crippen molar-refractivity contribution in [1.82, 2.24) is 5.32 Å². The van der Waals surface area contributed by atoms with Crippen LogP contribution in [0.5, 0.6) is 0 Å². The first kappa shape index (κ1) is 24.4. The number of ether oxygens (including phenoxy) is 2. The molecule has 35 heavy (non-hydrogen) atoms. The largest absolute Gasteiger partial charge is 0.444 e. The summed E-state index contributed by atoms with van der Waals surface area (Å²) in [6.07, 6.45) is 0.873. The average Bonchev–Trinajstić information content (AvgIpc) is 2.88. The van der Waals surface area contributed by atoms with Gasteiger partial charge < -0.3 is 24.8 Å². The van der Waals surface area contributed by atoms with Gasteiger partial charge in [-0.05, 0) is 31.0 Å². The van der Waals surface area contributed by atoms with Crippen LogP contribution >= 0.6 is 0 Å². The van der Waals surface area contributed by atoms with Gasteiger partial charge in [0.2, 0.25) is 0 Å². The first-order valence-corrected chi connectivity index (χ1v) is 11.5. The predicted octanol–water partition coefficient (Wildman–Crippen LogP) is 2.46. The van der Waals surface area contributed by atoms with Crippen molar-refractivity contribution in [3.63, 3.8) is 0 Å². The summed E-state index contributed by atoms with van der Waals surface area (Å²) in [4.78, 5) is 39.8. The summed E-state index contributed by atoms with van der Waals surface area (Å²) in [5.74, 6) is -0.437. The summed E-state index contributed by atoms with van der Waals surface area (Å²) in [5, 5.41) is 23.1. The number of cyclic esters (lactones) is 1. The molecule has 0 aliphatic carbocycles. The second-order valence-electron chi connectivity index (χ2n) is 8.32. The Morgan fingerprint density at radius 2 is 1.94 bits per heavy atom. The second-order valence-corrected chi connectivity index (χ2v) is 8.32. The van der Waals surface area contributed by atoms with Gasteiger partial charge in [-0.2, -0.15) is 0 Å². The van der Waals surface area contributed by atoms with E-state index < -0.39 is 10.8 Å². The monoisotopic (exact) mass is 484 g/mol. The normalized spacial score (nSPS) is 16.0. The number of hydrogen-bond donors (Lipinski definition) is 2. The minimum Gasteiger partial charge on any atom is -0.444 e. The number of piperidine rings is 1. The van der Waals surface area contributed by atoms with Gasteiger partial charge in [-0.25, -0.2) is 4.79 Å². The number of aliphatic hydroxyl groups is 1. The third-order valence-corrected chi connectivity index (χ3v) is 6.17.